The Bertz CT molecular complexity index is 477. The SMILES string of the molecule is Cc1cnc2c(c1)CN(SC(C)(C)C)C21COC1. The third-order valence-electron chi connectivity index (χ3n) is 3.40. The first-order valence-corrected chi connectivity index (χ1v) is 7.19. The molecular weight excluding hydrogens is 244 g/mol. The molecular formula is C14H20N2OS. The van der Waals surface area contributed by atoms with Crippen molar-refractivity contribution in [2.45, 2.75) is 44.5 Å². The van der Waals surface area contributed by atoms with Crippen LogP contribution in [0.1, 0.15) is 37.6 Å². The zero-order valence-electron chi connectivity index (χ0n) is 11.5. The highest BCUT2D eigenvalue weighted by Gasteiger charge is 2.53. The summed E-state index contributed by atoms with van der Waals surface area (Å²) in [5.41, 5.74) is 3.87. The fourth-order valence-electron chi connectivity index (χ4n) is 2.62. The van der Waals surface area contributed by atoms with Crippen molar-refractivity contribution >= 4 is 11.9 Å². The molecule has 0 bridgehead atoms. The number of hydrogen-bond acceptors (Lipinski definition) is 4. The van der Waals surface area contributed by atoms with Crippen LogP contribution in [0.2, 0.25) is 0 Å². The Hall–Kier alpha value is -0.580. The van der Waals surface area contributed by atoms with Gasteiger partial charge in [0.05, 0.1) is 18.9 Å². The van der Waals surface area contributed by atoms with Gasteiger partial charge < -0.3 is 4.74 Å². The first kappa shape index (κ1) is 12.5. The Balaban J connectivity index is 1.96. The fraction of sp³-hybridized carbons (Fsp3) is 0.643. The molecule has 1 fully saturated rings. The van der Waals surface area contributed by atoms with Gasteiger partial charge in [0.1, 0.15) is 5.54 Å². The van der Waals surface area contributed by atoms with Gasteiger partial charge in [0.25, 0.3) is 0 Å². The molecule has 0 radical (unpaired) electrons. The molecule has 2 aliphatic rings. The van der Waals surface area contributed by atoms with Gasteiger partial charge in [-0.3, -0.25) is 4.98 Å². The van der Waals surface area contributed by atoms with Gasteiger partial charge in [-0.2, -0.15) is 0 Å². The van der Waals surface area contributed by atoms with Crippen molar-refractivity contribution < 1.29 is 4.74 Å². The summed E-state index contributed by atoms with van der Waals surface area (Å²) in [6, 6.07) is 2.27. The third-order valence-corrected chi connectivity index (χ3v) is 4.65. The summed E-state index contributed by atoms with van der Waals surface area (Å²) in [5, 5.41) is 0. The van der Waals surface area contributed by atoms with Crippen molar-refractivity contribution in [2.24, 2.45) is 0 Å². The van der Waals surface area contributed by atoms with Crippen molar-refractivity contribution in [3.8, 4) is 0 Å². The summed E-state index contributed by atoms with van der Waals surface area (Å²) in [5.74, 6) is 0. The van der Waals surface area contributed by atoms with E-state index in [4.69, 9.17) is 4.74 Å². The van der Waals surface area contributed by atoms with E-state index >= 15 is 0 Å². The molecule has 0 saturated carbocycles. The van der Waals surface area contributed by atoms with Crippen LogP contribution in [0.3, 0.4) is 0 Å². The third kappa shape index (κ3) is 1.87. The van der Waals surface area contributed by atoms with Crippen LogP contribution in [-0.2, 0) is 16.8 Å². The highest BCUT2D eigenvalue weighted by atomic mass is 32.2. The van der Waals surface area contributed by atoms with E-state index in [-0.39, 0.29) is 10.3 Å². The Morgan fingerprint density at radius 1 is 1.39 bits per heavy atom. The maximum atomic E-state index is 5.50. The fourth-order valence-corrected chi connectivity index (χ4v) is 3.85. The number of nitrogens with zero attached hydrogens (tertiary/aromatic N) is 2. The van der Waals surface area contributed by atoms with Gasteiger partial charge in [0.15, 0.2) is 0 Å². The summed E-state index contributed by atoms with van der Waals surface area (Å²) in [4.78, 5) is 4.68. The molecule has 98 valence electrons. The maximum absolute atomic E-state index is 5.50. The number of pyridine rings is 1. The summed E-state index contributed by atoms with van der Waals surface area (Å²) >= 11 is 1.92. The highest BCUT2D eigenvalue weighted by Crippen LogP contribution is 2.49. The van der Waals surface area contributed by atoms with E-state index in [0.717, 1.165) is 19.8 Å². The summed E-state index contributed by atoms with van der Waals surface area (Å²) in [6.07, 6.45) is 1.98. The molecule has 0 aliphatic carbocycles. The number of fused-ring (bicyclic) bond motifs is 2. The van der Waals surface area contributed by atoms with E-state index in [1.165, 1.54) is 16.8 Å². The second-order valence-electron chi connectivity index (χ2n) is 6.29. The normalized spacial score (nSPS) is 22.0. The van der Waals surface area contributed by atoms with E-state index in [9.17, 15) is 0 Å². The lowest BCUT2D eigenvalue weighted by Gasteiger charge is -2.45. The minimum Gasteiger partial charge on any atom is -0.376 e. The maximum Gasteiger partial charge on any atom is 0.120 e. The predicted molar refractivity (Wildman–Crippen MR) is 74.4 cm³/mol. The van der Waals surface area contributed by atoms with Gasteiger partial charge in [0, 0.05) is 17.5 Å². The van der Waals surface area contributed by atoms with Gasteiger partial charge >= 0.3 is 0 Å². The second-order valence-corrected chi connectivity index (χ2v) is 8.13. The van der Waals surface area contributed by atoms with Crippen LogP contribution in [0.15, 0.2) is 12.3 Å². The molecule has 0 amide bonds. The molecule has 0 N–H and O–H groups in total. The van der Waals surface area contributed by atoms with Crippen LogP contribution in [0.5, 0.6) is 0 Å². The lowest BCUT2D eigenvalue weighted by atomic mass is 9.93. The van der Waals surface area contributed by atoms with Crippen molar-refractivity contribution in [3.63, 3.8) is 0 Å². The van der Waals surface area contributed by atoms with Crippen molar-refractivity contribution in [2.75, 3.05) is 13.2 Å². The molecule has 3 nitrogen and oxygen atoms in total. The van der Waals surface area contributed by atoms with Crippen LogP contribution in [0.25, 0.3) is 0 Å². The van der Waals surface area contributed by atoms with E-state index < -0.39 is 0 Å². The van der Waals surface area contributed by atoms with Crippen LogP contribution in [0.4, 0.5) is 0 Å². The standard InChI is InChI=1S/C14H20N2OS/c1-10-5-11-7-16(18-13(2,3)4)14(8-17-9-14)12(11)15-6-10/h5-6H,7-9H2,1-4H3. The van der Waals surface area contributed by atoms with Gasteiger partial charge in [-0.15, -0.1) is 0 Å². The van der Waals surface area contributed by atoms with Crippen LogP contribution >= 0.6 is 11.9 Å². The van der Waals surface area contributed by atoms with Gasteiger partial charge in [0.2, 0.25) is 0 Å². The van der Waals surface area contributed by atoms with Crippen LogP contribution in [-0.4, -0.2) is 27.2 Å². The average molecular weight is 264 g/mol. The van der Waals surface area contributed by atoms with Crippen LogP contribution < -0.4 is 0 Å². The number of hydrogen-bond donors (Lipinski definition) is 0. The highest BCUT2D eigenvalue weighted by molar-refractivity contribution is 7.98. The summed E-state index contributed by atoms with van der Waals surface area (Å²) < 4.78 is 8.20. The van der Waals surface area contributed by atoms with Crippen molar-refractivity contribution in [1.82, 2.24) is 9.29 Å². The first-order chi connectivity index (χ1) is 8.41. The number of aryl methyl sites for hydroxylation is 1. The lowest BCUT2D eigenvalue weighted by Crippen LogP contribution is -2.54. The first-order valence-electron chi connectivity index (χ1n) is 6.41. The van der Waals surface area contributed by atoms with E-state index in [1.54, 1.807) is 0 Å². The predicted octanol–water partition coefficient (Wildman–Crippen LogP) is 2.88. The molecule has 1 aromatic heterocycles. The molecule has 0 atom stereocenters. The smallest absolute Gasteiger partial charge is 0.120 e. The quantitative estimate of drug-likeness (QED) is 0.728. The van der Waals surface area contributed by atoms with Crippen LogP contribution in [0, 0.1) is 6.92 Å². The molecule has 1 aromatic rings. The summed E-state index contributed by atoms with van der Waals surface area (Å²) in [7, 11) is 0. The minimum absolute atomic E-state index is 0.0288. The van der Waals surface area contributed by atoms with Crippen molar-refractivity contribution in [1.29, 1.82) is 0 Å². The van der Waals surface area contributed by atoms with Crippen molar-refractivity contribution in [3.05, 3.63) is 29.1 Å². The molecule has 4 heteroatoms. The Kier molecular flexibility index (Phi) is 2.74. The molecule has 18 heavy (non-hydrogen) atoms. The Morgan fingerprint density at radius 3 is 2.67 bits per heavy atom. The van der Waals surface area contributed by atoms with Gasteiger partial charge in [-0.1, -0.05) is 18.0 Å². The molecule has 0 unspecified atom stereocenters. The Morgan fingerprint density at radius 2 is 2.11 bits per heavy atom. The number of ether oxygens (including phenoxy) is 1. The zero-order valence-corrected chi connectivity index (χ0v) is 12.3. The van der Waals surface area contributed by atoms with E-state index in [2.05, 4.69) is 43.1 Å². The lowest BCUT2D eigenvalue weighted by molar-refractivity contribution is -0.109. The second kappa shape index (κ2) is 3.95. The average Bonchev–Trinajstić information content (AvgIpc) is 2.46. The molecule has 1 spiro atoms. The number of aromatic nitrogens is 1. The molecule has 3 rings (SSSR count). The molecule has 1 saturated heterocycles. The van der Waals surface area contributed by atoms with E-state index in [1.807, 2.05) is 18.1 Å². The van der Waals surface area contributed by atoms with Gasteiger partial charge in [-0.25, -0.2) is 4.31 Å². The topological polar surface area (TPSA) is 25.4 Å². The molecule has 0 aromatic carbocycles. The largest absolute Gasteiger partial charge is 0.376 e. The molecule has 2 aliphatic heterocycles. The molecule has 3 heterocycles. The Labute approximate surface area is 113 Å². The zero-order chi connectivity index (χ0) is 13.0. The van der Waals surface area contributed by atoms with Gasteiger partial charge in [-0.05, 0) is 38.8 Å². The minimum atomic E-state index is 0.0288. The number of rotatable bonds is 1. The monoisotopic (exact) mass is 264 g/mol. The van der Waals surface area contributed by atoms with E-state index in [0.29, 0.717) is 0 Å². The summed E-state index contributed by atoms with van der Waals surface area (Å²) in [6.45, 7) is 11.4.